The largest absolute Gasteiger partial charge is 0.481 e. The first-order chi connectivity index (χ1) is 9.58. The molecule has 0 bridgehead atoms. The molecule has 0 amide bonds. The minimum absolute atomic E-state index is 0.0711. The second-order valence-electron chi connectivity index (χ2n) is 4.01. The van der Waals surface area contributed by atoms with Gasteiger partial charge in [0, 0.05) is 5.56 Å². The van der Waals surface area contributed by atoms with E-state index in [1.54, 1.807) is 0 Å². The van der Waals surface area contributed by atoms with E-state index in [0.717, 1.165) is 17.3 Å². The number of hydrogen-bond acceptors (Lipinski definition) is 4. The van der Waals surface area contributed by atoms with Gasteiger partial charge in [-0.05, 0) is 6.07 Å². The predicted molar refractivity (Wildman–Crippen MR) is 74.9 cm³/mol. The van der Waals surface area contributed by atoms with E-state index in [-0.39, 0.29) is 22.8 Å². The molecule has 0 spiro atoms. The molecule has 0 radical (unpaired) electrons. The van der Waals surface area contributed by atoms with Gasteiger partial charge in [-0.25, -0.2) is 4.79 Å². The number of aromatic carboxylic acids is 1. The summed E-state index contributed by atoms with van der Waals surface area (Å²) in [6.45, 7) is 0. The van der Waals surface area contributed by atoms with Gasteiger partial charge in [0.05, 0.1) is 11.5 Å². The minimum Gasteiger partial charge on any atom is -0.481 e. The van der Waals surface area contributed by atoms with E-state index in [1.807, 2.05) is 30.3 Å². The lowest BCUT2D eigenvalue weighted by molar-refractivity contribution is -0.133. The third-order valence-corrected chi connectivity index (χ3v) is 3.47. The van der Waals surface area contributed by atoms with Gasteiger partial charge < -0.3 is 14.6 Å². The molecule has 2 aromatic rings. The summed E-state index contributed by atoms with van der Waals surface area (Å²) in [7, 11) is 0. The Morgan fingerprint density at radius 1 is 1.15 bits per heavy atom. The SMILES string of the molecule is O=C(O)CSCc1oc(-c2ccccc2)cc1C(=O)O. The normalized spacial score (nSPS) is 10.4. The molecule has 2 N–H and O–H groups in total. The lowest BCUT2D eigenvalue weighted by Gasteiger charge is -1.98. The second kappa shape index (κ2) is 6.29. The molecule has 1 aromatic carbocycles. The van der Waals surface area contributed by atoms with Crippen LogP contribution in [0.15, 0.2) is 40.8 Å². The van der Waals surface area contributed by atoms with Crippen molar-refractivity contribution in [1.29, 1.82) is 0 Å². The number of carbonyl (C=O) groups is 2. The summed E-state index contributed by atoms with van der Waals surface area (Å²) in [6.07, 6.45) is 0. The monoisotopic (exact) mass is 292 g/mol. The number of carboxylic acid groups (broad SMARTS) is 2. The highest BCUT2D eigenvalue weighted by molar-refractivity contribution is 7.99. The summed E-state index contributed by atoms with van der Waals surface area (Å²) in [5.41, 5.74) is 0.853. The predicted octanol–water partition coefficient (Wildman–Crippen LogP) is 2.96. The van der Waals surface area contributed by atoms with Crippen LogP contribution < -0.4 is 0 Å². The number of thioether (sulfide) groups is 1. The molecule has 0 aliphatic rings. The van der Waals surface area contributed by atoms with E-state index >= 15 is 0 Å². The van der Waals surface area contributed by atoms with Crippen LogP contribution in [0, 0.1) is 0 Å². The number of benzene rings is 1. The number of furan rings is 1. The first-order valence-corrected chi connectivity index (χ1v) is 6.94. The van der Waals surface area contributed by atoms with Crippen LogP contribution in [-0.4, -0.2) is 27.9 Å². The van der Waals surface area contributed by atoms with Crippen molar-refractivity contribution >= 4 is 23.7 Å². The summed E-state index contributed by atoms with van der Waals surface area (Å²) in [5, 5.41) is 17.7. The van der Waals surface area contributed by atoms with Gasteiger partial charge in [-0.1, -0.05) is 30.3 Å². The van der Waals surface area contributed by atoms with Gasteiger partial charge in [-0.2, -0.15) is 0 Å². The van der Waals surface area contributed by atoms with Crippen LogP contribution in [0.1, 0.15) is 16.1 Å². The van der Waals surface area contributed by atoms with E-state index in [1.165, 1.54) is 6.07 Å². The lowest BCUT2D eigenvalue weighted by Crippen LogP contribution is -2.01. The molecule has 1 heterocycles. The Labute approximate surface area is 119 Å². The van der Waals surface area contributed by atoms with Crippen molar-refractivity contribution in [1.82, 2.24) is 0 Å². The first kappa shape index (κ1) is 14.2. The van der Waals surface area contributed by atoms with E-state index in [2.05, 4.69) is 0 Å². The maximum atomic E-state index is 11.2. The highest BCUT2D eigenvalue weighted by Crippen LogP contribution is 2.28. The zero-order valence-corrected chi connectivity index (χ0v) is 11.2. The Kier molecular flexibility index (Phi) is 4.47. The molecule has 0 saturated heterocycles. The van der Waals surface area contributed by atoms with Crippen LogP contribution in [0.5, 0.6) is 0 Å². The van der Waals surface area contributed by atoms with Gasteiger partial charge in [-0.3, -0.25) is 4.79 Å². The van der Waals surface area contributed by atoms with Crippen molar-refractivity contribution in [2.45, 2.75) is 5.75 Å². The first-order valence-electron chi connectivity index (χ1n) is 5.79. The average molecular weight is 292 g/mol. The number of aliphatic carboxylic acids is 1. The van der Waals surface area contributed by atoms with Crippen LogP contribution >= 0.6 is 11.8 Å². The topological polar surface area (TPSA) is 87.7 Å². The van der Waals surface area contributed by atoms with E-state index < -0.39 is 11.9 Å². The quantitative estimate of drug-likeness (QED) is 0.851. The fourth-order valence-electron chi connectivity index (χ4n) is 1.69. The van der Waals surface area contributed by atoms with E-state index in [0.29, 0.717) is 5.76 Å². The van der Waals surface area contributed by atoms with Crippen molar-refractivity contribution in [2.24, 2.45) is 0 Å². The van der Waals surface area contributed by atoms with Gasteiger partial charge in [0.1, 0.15) is 17.1 Å². The zero-order chi connectivity index (χ0) is 14.5. The molecule has 6 heteroatoms. The van der Waals surface area contributed by atoms with Gasteiger partial charge in [0.15, 0.2) is 0 Å². The van der Waals surface area contributed by atoms with Gasteiger partial charge in [0.25, 0.3) is 0 Å². The standard InChI is InChI=1S/C14H12O5S/c15-13(16)8-20-7-12-10(14(17)18)6-11(19-12)9-4-2-1-3-5-9/h1-6H,7-8H2,(H,15,16)(H,17,18). The summed E-state index contributed by atoms with van der Waals surface area (Å²) < 4.78 is 5.55. The molecule has 0 aliphatic carbocycles. The molecule has 1 aromatic heterocycles. The van der Waals surface area contributed by atoms with Gasteiger partial charge in [0.2, 0.25) is 0 Å². The van der Waals surface area contributed by atoms with Gasteiger partial charge in [-0.15, -0.1) is 11.8 Å². The third-order valence-electron chi connectivity index (χ3n) is 2.56. The highest BCUT2D eigenvalue weighted by atomic mass is 32.2. The molecule has 2 rings (SSSR count). The maximum Gasteiger partial charge on any atom is 0.339 e. The van der Waals surface area contributed by atoms with Crippen molar-refractivity contribution in [3.63, 3.8) is 0 Å². The summed E-state index contributed by atoms with van der Waals surface area (Å²) >= 11 is 1.10. The number of carboxylic acids is 2. The Morgan fingerprint density at radius 2 is 1.85 bits per heavy atom. The maximum absolute atomic E-state index is 11.2. The zero-order valence-electron chi connectivity index (χ0n) is 10.4. The molecule has 5 nitrogen and oxygen atoms in total. The lowest BCUT2D eigenvalue weighted by atomic mass is 10.1. The Bertz CT molecular complexity index is 618. The summed E-state index contributed by atoms with van der Waals surface area (Å²) in [4.78, 5) is 21.6. The molecule has 0 saturated carbocycles. The Morgan fingerprint density at radius 3 is 2.45 bits per heavy atom. The summed E-state index contributed by atoms with van der Waals surface area (Å²) in [6, 6.07) is 10.6. The van der Waals surface area contributed by atoms with Crippen molar-refractivity contribution in [3.05, 3.63) is 47.7 Å². The van der Waals surface area contributed by atoms with Crippen LogP contribution in [0.3, 0.4) is 0 Å². The van der Waals surface area contributed by atoms with Crippen molar-refractivity contribution in [2.75, 3.05) is 5.75 Å². The number of rotatable bonds is 6. The molecule has 0 unspecified atom stereocenters. The second-order valence-corrected chi connectivity index (χ2v) is 4.99. The van der Waals surface area contributed by atoms with Crippen LogP contribution in [0.25, 0.3) is 11.3 Å². The van der Waals surface area contributed by atoms with Crippen molar-refractivity contribution < 1.29 is 24.2 Å². The molecular weight excluding hydrogens is 280 g/mol. The molecule has 0 atom stereocenters. The van der Waals surface area contributed by atoms with Crippen LogP contribution in [-0.2, 0) is 10.5 Å². The molecular formula is C14H12O5S. The average Bonchev–Trinajstić information content (AvgIpc) is 2.84. The van der Waals surface area contributed by atoms with Crippen LogP contribution in [0.2, 0.25) is 0 Å². The molecule has 0 fully saturated rings. The molecule has 0 aliphatic heterocycles. The Hall–Kier alpha value is -2.21. The highest BCUT2D eigenvalue weighted by Gasteiger charge is 2.18. The summed E-state index contributed by atoms with van der Waals surface area (Å²) in [5.74, 6) is -1.17. The smallest absolute Gasteiger partial charge is 0.339 e. The fraction of sp³-hybridized carbons (Fsp3) is 0.143. The molecule has 104 valence electrons. The Balaban J connectivity index is 2.24. The fourth-order valence-corrected chi connectivity index (χ4v) is 2.37. The van der Waals surface area contributed by atoms with Crippen molar-refractivity contribution in [3.8, 4) is 11.3 Å². The van der Waals surface area contributed by atoms with E-state index in [4.69, 9.17) is 14.6 Å². The van der Waals surface area contributed by atoms with Crippen LogP contribution in [0.4, 0.5) is 0 Å². The third kappa shape index (κ3) is 3.42. The number of hydrogen-bond donors (Lipinski definition) is 2. The van der Waals surface area contributed by atoms with Gasteiger partial charge >= 0.3 is 11.9 Å². The minimum atomic E-state index is -1.08. The van der Waals surface area contributed by atoms with E-state index in [9.17, 15) is 9.59 Å². The molecule has 20 heavy (non-hydrogen) atoms.